The first-order chi connectivity index (χ1) is 10.7. The highest BCUT2D eigenvalue weighted by Gasteiger charge is 2.31. The zero-order valence-corrected chi connectivity index (χ0v) is 14.0. The number of sulfone groups is 1. The molecule has 1 aromatic heterocycles. The van der Waals surface area contributed by atoms with Crippen molar-refractivity contribution in [3.8, 4) is 5.69 Å². The normalized spacial score (nSPS) is 13.1. The van der Waals surface area contributed by atoms with Crippen molar-refractivity contribution in [3.05, 3.63) is 48.5 Å². The van der Waals surface area contributed by atoms with Crippen molar-refractivity contribution >= 4 is 21.4 Å². The van der Waals surface area contributed by atoms with Crippen LogP contribution in [0.3, 0.4) is 0 Å². The Labute approximate surface area is 135 Å². The molecule has 1 heterocycles. The van der Waals surface area contributed by atoms with Crippen LogP contribution < -0.4 is 5.32 Å². The number of halogens is 1. The van der Waals surface area contributed by atoms with Gasteiger partial charge in [0, 0.05) is 12.4 Å². The first-order valence-electron chi connectivity index (χ1n) is 7.20. The van der Waals surface area contributed by atoms with E-state index in [1.54, 1.807) is 29.1 Å². The number of amides is 1. The van der Waals surface area contributed by atoms with Gasteiger partial charge in [0.05, 0.1) is 16.6 Å². The van der Waals surface area contributed by atoms with E-state index in [0.717, 1.165) is 0 Å². The van der Waals surface area contributed by atoms with Gasteiger partial charge in [0.2, 0.25) is 5.91 Å². The summed E-state index contributed by atoms with van der Waals surface area (Å²) in [5, 5.41) is 0.739. The van der Waals surface area contributed by atoms with Gasteiger partial charge in [-0.3, -0.25) is 4.79 Å². The summed E-state index contributed by atoms with van der Waals surface area (Å²) in [5.74, 6) is -1.09. The number of anilines is 1. The highest BCUT2D eigenvalue weighted by Crippen LogP contribution is 2.23. The molecule has 1 amide bonds. The van der Waals surface area contributed by atoms with Crippen LogP contribution >= 0.6 is 0 Å². The second kappa shape index (κ2) is 6.54. The molecule has 7 heteroatoms. The smallest absolute Gasteiger partial charge is 0.242 e. The molecular weight excluding hydrogens is 319 g/mol. The summed E-state index contributed by atoms with van der Waals surface area (Å²) in [7, 11) is -3.56. The van der Waals surface area contributed by atoms with Crippen LogP contribution in [0, 0.1) is 5.82 Å². The summed E-state index contributed by atoms with van der Waals surface area (Å²) in [6.07, 6.45) is 3.41. The molecule has 0 bridgehead atoms. The molecule has 1 atom stereocenters. The minimum absolute atomic E-state index is 0.346. The van der Waals surface area contributed by atoms with E-state index in [4.69, 9.17) is 0 Å². The minimum atomic E-state index is -3.56. The van der Waals surface area contributed by atoms with E-state index in [0.29, 0.717) is 11.4 Å². The predicted octanol–water partition coefficient (Wildman–Crippen LogP) is 2.77. The Morgan fingerprint density at radius 2 is 1.78 bits per heavy atom. The van der Waals surface area contributed by atoms with E-state index < -0.39 is 32.1 Å². The molecule has 0 fully saturated rings. The number of benzene rings is 1. The fourth-order valence-corrected chi connectivity index (χ4v) is 3.28. The molecule has 0 aliphatic rings. The van der Waals surface area contributed by atoms with Gasteiger partial charge in [0.25, 0.3) is 0 Å². The second-order valence-electron chi connectivity index (χ2n) is 5.52. The third kappa shape index (κ3) is 3.61. The summed E-state index contributed by atoms with van der Waals surface area (Å²) >= 11 is 0. The minimum Gasteiger partial charge on any atom is -0.323 e. The Hall–Kier alpha value is -2.15. The van der Waals surface area contributed by atoms with Gasteiger partial charge >= 0.3 is 0 Å². The molecular formula is C16H19FN2O3S. The number of nitrogens with zero attached hydrogens (tertiary/aromatic N) is 1. The number of aromatic nitrogens is 1. The molecule has 1 aromatic carbocycles. The number of hydrogen-bond acceptors (Lipinski definition) is 3. The van der Waals surface area contributed by atoms with E-state index in [1.807, 2.05) is 0 Å². The topological polar surface area (TPSA) is 68.2 Å². The first kappa shape index (κ1) is 17.2. The lowest BCUT2D eigenvalue weighted by atomic mass is 10.2. The summed E-state index contributed by atoms with van der Waals surface area (Å²) in [6, 6.07) is 7.43. The quantitative estimate of drug-likeness (QED) is 0.911. The molecule has 23 heavy (non-hydrogen) atoms. The van der Waals surface area contributed by atoms with Gasteiger partial charge in [-0.1, -0.05) is 0 Å². The van der Waals surface area contributed by atoms with Crippen LogP contribution in [0.5, 0.6) is 0 Å². The number of hydrogen-bond donors (Lipinski definition) is 1. The van der Waals surface area contributed by atoms with Gasteiger partial charge in [-0.25, -0.2) is 12.8 Å². The predicted molar refractivity (Wildman–Crippen MR) is 87.9 cm³/mol. The van der Waals surface area contributed by atoms with Crippen LogP contribution in [0.1, 0.15) is 20.8 Å². The Morgan fingerprint density at radius 1 is 1.17 bits per heavy atom. The Balaban J connectivity index is 2.32. The third-order valence-corrected chi connectivity index (χ3v) is 6.13. The van der Waals surface area contributed by atoms with Crippen LogP contribution in [-0.2, 0) is 14.6 Å². The van der Waals surface area contributed by atoms with Crippen LogP contribution in [0.15, 0.2) is 42.7 Å². The highest BCUT2D eigenvalue weighted by atomic mass is 32.2. The Kier molecular flexibility index (Phi) is 4.89. The number of rotatable bonds is 5. The second-order valence-corrected chi connectivity index (χ2v) is 8.35. The van der Waals surface area contributed by atoms with Crippen molar-refractivity contribution in [1.29, 1.82) is 0 Å². The monoisotopic (exact) mass is 338 g/mol. The fourth-order valence-electron chi connectivity index (χ4n) is 2.11. The van der Waals surface area contributed by atoms with Crippen molar-refractivity contribution in [2.24, 2.45) is 0 Å². The number of carbonyl (C=O) groups excluding carboxylic acids is 1. The molecule has 0 radical (unpaired) electrons. The first-order valence-corrected chi connectivity index (χ1v) is 8.81. The van der Waals surface area contributed by atoms with Gasteiger partial charge in [-0.15, -0.1) is 0 Å². The van der Waals surface area contributed by atoms with Crippen molar-refractivity contribution in [2.45, 2.75) is 31.3 Å². The lowest BCUT2D eigenvalue weighted by Crippen LogP contribution is -2.36. The van der Waals surface area contributed by atoms with Crippen LogP contribution in [0.4, 0.5) is 10.1 Å². The van der Waals surface area contributed by atoms with E-state index in [1.165, 1.54) is 39.0 Å². The molecule has 0 saturated carbocycles. The van der Waals surface area contributed by atoms with Crippen molar-refractivity contribution in [3.63, 3.8) is 0 Å². The molecule has 1 unspecified atom stereocenters. The van der Waals surface area contributed by atoms with Crippen LogP contribution in [-0.4, -0.2) is 29.4 Å². The van der Waals surface area contributed by atoms with Gasteiger partial charge in [-0.2, -0.15) is 0 Å². The van der Waals surface area contributed by atoms with Crippen molar-refractivity contribution in [2.75, 3.05) is 5.32 Å². The Morgan fingerprint density at radius 3 is 2.35 bits per heavy atom. The molecule has 2 aromatic rings. The lowest BCUT2D eigenvalue weighted by molar-refractivity contribution is -0.115. The molecule has 2 rings (SSSR count). The number of nitrogens with one attached hydrogen (secondary N) is 1. The zero-order chi connectivity index (χ0) is 17.2. The maximum absolute atomic E-state index is 13.5. The maximum Gasteiger partial charge on any atom is 0.242 e. The molecule has 5 nitrogen and oxygen atoms in total. The SMILES string of the molecule is CC(C)S(=O)(=O)C(C)C(=O)Nc1ccc(F)cc1-n1cccc1. The Bertz CT molecular complexity index is 799. The third-order valence-electron chi connectivity index (χ3n) is 3.62. The zero-order valence-electron chi connectivity index (χ0n) is 13.2. The van der Waals surface area contributed by atoms with E-state index >= 15 is 0 Å². The van der Waals surface area contributed by atoms with Gasteiger partial charge in [-0.05, 0) is 51.1 Å². The summed E-state index contributed by atoms with van der Waals surface area (Å²) < 4.78 is 39.4. The highest BCUT2D eigenvalue weighted by molar-refractivity contribution is 7.93. The van der Waals surface area contributed by atoms with Crippen molar-refractivity contribution in [1.82, 2.24) is 4.57 Å². The van der Waals surface area contributed by atoms with Gasteiger partial charge < -0.3 is 9.88 Å². The maximum atomic E-state index is 13.5. The molecule has 0 aliphatic heterocycles. The largest absolute Gasteiger partial charge is 0.323 e. The standard InChI is InChI=1S/C16H19FN2O3S/c1-11(2)23(21,22)12(3)16(20)18-14-7-6-13(17)10-15(14)19-8-4-5-9-19/h4-12H,1-3H3,(H,18,20). The fraction of sp³-hybridized carbons (Fsp3) is 0.312. The van der Waals surface area contributed by atoms with E-state index in [-0.39, 0.29) is 0 Å². The van der Waals surface area contributed by atoms with Crippen LogP contribution in [0.25, 0.3) is 5.69 Å². The lowest BCUT2D eigenvalue weighted by Gasteiger charge is -2.17. The summed E-state index contributed by atoms with van der Waals surface area (Å²) in [4.78, 5) is 12.3. The average Bonchev–Trinajstić information content (AvgIpc) is 3.02. The van der Waals surface area contributed by atoms with E-state index in [9.17, 15) is 17.6 Å². The molecule has 0 spiro atoms. The van der Waals surface area contributed by atoms with Crippen LogP contribution in [0.2, 0.25) is 0 Å². The molecule has 0 aliphatic carbocycles. The molecule has 0 saturated heterocycles. The van der Waals surface area contributed by atoms with E-state index in [2.05, 4.69) is 5.32 Å². The number of carbonyl (C=O) groups is 1. The van der Waals surface area contributed by atoms with Gasteiger partial charge in [0.15, 0.2) is 9.84 Å². The molecule has 124 valence electrons. The summed E-state index contributed by atoms with van der Waals surface area (Å²) in [5.41, 5.74) is 0.774. The molecule has 1 N–H and O–H groups in total. The van der Waals surface area contributed by atoms with Crippen molar-refractivity contribution < 1.29 is 17.6 Å². The summed E-state index contributed by atoms with van der Waals surface area (Å²) in [6.45, 7) is 4.41. The van der Waals surface area contributed by atoms with Gasteiger partial charge in [0.1, 0.15) is 11.1 Å². The average molecular weight is 338 g/mol.